The van der Waals surface area contributed by atoms with Gasteiger partial charge in [-0.15, -0.1) is 0 Å². The van der Waals surface area contributed by atoms with Crippen molar-refractivity contribution in [1.29, 1.82) is 0 Å². The Labute approximate surface area is 73.8 Å². The van der Waals surface area contributed by atoms with Gasteiger partial charge in [0, 0.05) is 39.3 Å². The molecule has 0 aromatic rings. The Bertz CT molecular complexity index is 115. The van der Waals surface area contributed by atoms with E-state index in [1.807, 2.05) is 0 Å². The Morgan fingerprint density at radius 1 is 0.750 bits per heavy atom. The summed E-state index contributed by atoms with van der Waals surface area (Å²) in [6.07, 6.45) is 2.55. The average molecular weight is 170 g/mol. The Balaban J connectivity index is 1.31. The van der Waals surface area contributed by atoms with Crippen LogP contribution in [0.25, 0.3) is 0 Å². The van der Waals surface area contributed by atoms with E-state index >= 15 is 0 Å². The van der Waals surface area contributed by atoms with E-state index in [1.54, 1.807) is 0 Å². The van der Waals surface area contributed by atoms with E-state index in [-0.39, 0.29) is 0 Å². The van der Waals surface area contributed by atoms with Crippen molar-refractivity contribution < 1.29 is 0 Å². The maximum Gasteiger partial charge on any atom is 0.0273 e. The highest BCUT2D eigenvalue weighted by atomic mass is 15.6. The summed E-state index contributed by atoms with van der Waals surface area (Å²) in [6, 6.07) is 0. The van der Waals surface area contributed by atoms with E-state index in [0.717, 1.165) is 13.1 Å². The van der Waals surface area contributed by atoms with Gasteiger partial charge in [0.2, 0.25) is 0 Å². The van der Waals surface area contributed by atoms with Crippen molar-refractivity contribution in [2.24, 2.45) is 0 Å². The predicted molar refractivity (Wildman–Crippen MR) is 48.4 cm³/mol. The highest BCUT2D eigenvalue weighted by molar-refractivity contribution is 4.68. The quantitative estimate of drug-likeness (QED) is 0.395. The lowest BCUT2D eigenvalue weighted by Gasteiger charge is -2.05. The van der Waals surface area contributed by atoms with E-state index in [1.165, 1.54) is 39.0 Å². The molecule has 0 spiro atoms. The second-order valence-corrected chi connectivity index (χ2v) is 3.50. The molecular weight excluding hydrogens is 152 g/mol. The van der Waals surface area contributed by atoms with Gasteiger partial charge in [0.25, 0.3) is 0 Å². The fourth-order valence-electron chi connectivity index (χ4n) is 1.14. The molecule has 12 heavy (non-hydrogen) atoms. The fourth-order valence-corrected chi connectivity index (χ4v) is 1.14. The highest BCUT2D eigenvalue weighted by Crippen LogP contribution is 1.99. The topological polar surface area (TPSA) is 30.1 Å². The van der Waals surface area contributed by atoms with Crippen LogP contribution in [0.1, 0.15) is 12.8 Å². The molecule has 0 atom stereocenters. The fraction of sp³-hybridized carbons (Fsp3) is 1.00. The molecule has 70 valence electrons. The summed E-state index contributed by atoms with van der Waals surface area (Å²) in [5.41, 5.74) is 6.70. The molecule has 2 saturated heterocycles. The summed E-state index contributed by atoms with van der Waals surface area (Å²) in [5.74, 6) is 0. The molecule has 4 nitrogen and oxygen atoms in total. The summed E-state index contributed by atoms with van der Waals surface area (Å²) in [5, 5.41) is 4.50. The molecule has 4 heteroatoms. The second kappa shape index (κ2) is 4.18. The van der Waals surface area contributed by atoms with Gasteiger partial charge in [0.1, 0.15) is 0 Å². The second-order valence-electron chi connectivity index (χ2n) is 3.50. The summed E-state index contributed by atoms with van der Waals surface area (Å²) in [4.78, 5) is 0. The molecular formula is C8H18N4. The molecule has 2 fully saturated rings. The van der Waals surface area contributed by atoms with Crippen LogP contribution in [-0.2, 0) is 0 Å². The Morgan fingerprint density at radius 3 is 1.50 bits per heavy atom. The van der Waals surface area contributed by atoms with Gasteiger partial charge in [-0.2, -0.15) is 0 Å². The van der Waals surface area contributed by atoms with Gasteiger partial charge in [-0.3, -0.25) is 10.9 Å². The molecule has 0 aliphatic carbocycles. The Kier molecular flexibility index (Phi) is 2.94. The SMILES string of the molecule is C(CCNN1CC1)CNN1CC1. The van der Waals surface area contributed by atoms with Crippen LogP contribution in [0, 0.1) is 0 Å². The highest BCUT2D eigenvalue weighted by Gasteiger charge is 2.16. The number of nitrogens with zero attached hydrogens (tertiary/aromatic N) is 2. The van der Waals surface area contributed by atoms with Crippen molar-refractivity contribution in [2.45, 2.75) is 12.8 Å². The monoisotopic (exact) mass is 170 g/mol. The number of unbranched alkanes of at least 4 members (excludes halogenated alkanes) is 1. The van der Waals surface area contributed by atoms with Crippen LogP contribution in [0.4, 0.5) is 0 Å². The maximum absolute atomic E-state index is 3.35. The van der Waals surface area contributed by atoms with E-state index < -0.39 is 0 Å². The lowest BCUT2D eigenvalue weighted by Crippen LogP contribution is -2.25. The lowest BCUT2D eigenvalue weighted by atomic mass is 10.3. The zero-order valence-corrected chi connectivity index (χ0v) is 7.55. The average Bonchev–Trinajstić information content (AvgIpc) is 2.89. The van der Waals surface area contributed by atoms with Gasteiger partial charge < -0.3 is 0 Å². The molecule has 0 aromatic heterocycles. The molecule has 2 rings (SSSR count). The summed E-state index contributed by atoms with van der Waals surface area (Å²) in [7, 11) is 0. The molecule has 2 aliphatic rings. The Morgan fingerprint density at radius 2 is 1.17 bits per heavy atom. The van der Waals surface area contributed by atoms with Crippen molar-refractivity contribution in [3.05, 3.63) is 0 Å². The zero-order valence-electron chi connectivity index (χ0n) is 7.55. The standard InChI is InChI=1S/C8H18N4/c1(3-9-11-5-6-11)2-4-10-12-7-8-12/h9-10H,1-8H2. The smallest absolute Gasteiger partial charge is 0.0273 e. The van der Waals surface area contributed by atoms with Crippen LogP contribution >= 0.6 is 0 Å². The molecule has 0 unspecified atom stereocenters. The van der Waals surface area contributed by atoms with E-state index in [0.29, 0.717) is 0 Å². The number of hydrogen-bond acceptors (Lipinski definition) is 4. The van der Waals surface area contributed by atoms with Gasteiger partial charge in [0.15, 0.2) is 0 Å². The van der Waals surface area contributed by atoms with Crippen LogP contribution in [0.3, 0.4) is 0 Å². The molecule has 0 bridgehead atoms. The van der Waals surface area contributed by atoms with Crippen molar-refractivity contribution in [2.75, 3.05) is 39.3 Å². The first-order valence-electron chi connectivity index (χ1n) is 4.92. The minimum atomic E-state index is 1.14. The number of hydrazine groups is 2. The van der Waals surface area contributed by atoms with Crippen molar-refractivity contribution >= 4 is 0 Å². The normalized spacial score (nSPS) is 23.0. The largest absolute Gasteiger partial charge is 0.255 e. The molecule has 0 saturated carbocycles. The predicted octanol–water partition coefficient (Wildman–Crippen LogP) is -0.593. The van der Waals surface area contributed by atoms with Gasteiger partial charge in [-0.05, 0) is 12.8 Å². The number of nitrogens with one attached hydrogen (secondary N) is 2. The molecule has 2 aliphatic heterocycles. The van der Waals surface area contributed by atoms with Crippen molar-refractivity contribution in [1.82, 2.24) is 20.9 Å². The van der Waals surface area contributed by atoms with Crippen LogP contribution in [0.15, 0.2) is 0 Å². The maximum atomic E-state index is 3.35. The molecule has 0 radical (unpaired) electrons. The van der Waals surface area contributed by atoms with Crippen molar-refractivity contribution in [3.8, 4) is 0 Å². The van der Waals surface area contributed by atoms with E-state index in [2.05, 4.69) is 20.9 Å². The molecule has 0 aromatic carbocycles. The first-order valence-corrected chi connectivity index (χ1v) is 4.92. The first-order chi connectivity index (χ1) is 5.95. The van der Waals surface area contributed by atoms with Crippen LogP contribution in [-0.4, -0.2) is 49.3 Å². The van der Waals surface area contributed by atoms with Gasteiger partial charge in [-0.1, -0.05) is 0 Å². The van der Waals surface area contributed by atoms with Gasteiger partial charge in [0.05, 0.1) is 0 Å². The summed E-state index contributed by atoms with van der Waals surface area (Å²) < 4.78 is 0. The van der Waals surface area contributed by atoms with E-state index in [4.69, 9.17) is 0 Å². The third-order valence-electron chi connectivity index (χ3n) is 2.17. The first kappa shape index (κ1) is 8.44. The Hall–Kier alpha value is -0.160. The minimum absolute atomic E-state index is 1.14. The zero-order chi connectivity index (χ0) is 8.23. The van der Waals surface area contributed by atoms with Gasteiger partial charge in [-0.25, -0.2) is 10.0 Å². The number of hydrogen-bond donors (Lipinski definition) is 2. The lowest BCUT2D eigenvalue weighted by molar-refractivity contribution is 0.370. The van der Waals surface area contributed by atoms with Crippen molar-refractivity contribution in [3.63, 3.8) is 0 Å². The molecule has 2 N–H and O–H groups in total. The van der Waals surface area contributed by atoms with Crippen LogP contribution < -0.4 is 10.9 Å². The summed E-state index contributed by atoms with van der Waals surface area (Å²) >= 11 is 0. The number of rotatable bonds is 7. The third kappa shape index (κ3) is 3.49. The van der Waals surface area contributed by atoms with E-state index in [9.17, 15) is 0 Å². The van der Waals surface area contributed by atoms with Gasteiger partial charge >= 0.3 is 0 Å². The van der Waals surface area contributed by atoms with Crippen LogP contribution in [0.2, 0.25) is 0 Å². The third-order valence-corrected chi connectivity index (χ3v) is 2.17. The van der Waals surface area contributed by atoms with Crippen LogP contribution in [0.5, 0.6) is 0 Å². The minimum Gasteiger partial charge on any atom is -0.255 e. The molecule has 0 amide bonds. The molecule has 2 heterocycles. The summed E-state index contributed by atoms with van der Waals surface area (Å²) in [6.45, 7) is 7.25.